The highest BCUT2D eigenvalue weighted by atomic mass is 19.4. The van der Waals surface area contributed by atoms with Crippen molar-refractivity contribution in [3.05, 3.63) is 29.6 Å². The molecule has 1 rings (SSSR count). The number of nitrogens with two attached hydrogens (primary N) is 1. The number of alkyl halides is 3. The van der Waals surface area contributed by atoms with E-state index < -0.39 is 12.7 Å². The second-order valence-electron chi connectivity index (χ2n) is 3.61. The van der Waals surface area contributed by atoms with Gasteiger partial charge in [-0.25, -0.2) is 0 Å². The lowest BCUT2D eigenvalue weighted by Crippen LogP contribution is -2.30. The van der Waals surface area contributed by atoms with Crippen LogP contribution in [0.25, 0.3) is 0 Å². The van der Waals surface area contributed by atoms with Gasteiger partial charge in [-0.1, -0.05) is 6.07 Å². The van der Waals surface area contributed by atoms with Gasteiger partial charge in [0.25, 0.3) is 0 Å². The molecule has 1 aromatic heterocycles. The Balaban J connectivity index is 2.59. The van der Waals surface area contributed by atoms with E-state index in [1.165, 1.54) is 11.9 Å². The number of hydrogen-bond acceptors (Lipinski definition) is 3. The first-order valence-corrected chi connectivity index (χ1v) is 4.81. The largest absolute Gasteiger partial charge is 0.401 e. The summed E-state index contributed by atoms with van der Waals surface area (Å²) in [5.41, 5.74) is 6.67. The Morgan fingerprint density at radius 2 is 1.94 bits per heavy atom. The van der Waals surface area contributed by atoms with Crippen LogP contribution in [0.4, 0.5) is 13.2 Å². The molecule has 2 N–H and O–H groups in total. The van der Waals surface area contributed by atoms with Gasteiger partial charge in [0.2, 0.25) is 0 Å². The first-order valence-electron chi connectivity index (χ1n) is 4.81. The topological polar surface area (TPSA) is 42.1 Å². The van der Waals surface area contributed by atoms with Crippen molar-refractivity contribution >= 4 is 0 Å². The van der Waals surface area contributed by atoms with Gasteiger partial charge in [-0.15, -0.1) is 0 Å². The maximum absolute atomic E-state index is 12.1. The zero-order chi connectivity index (χ0) is 12.2. The molecule has 0 amide bonds. The lowest BCUT2D eigenvalue weighted by Gasteiger charge is -2.18. The summed E-state index contributed by atoms with van der Waals surface area (Å²) in [5, 5.41) is 0. The number of hydrogen-bond donors (Lipinski definition) is 1. The number of rotatable bonds is 4. The first kappa shape index (κ1) is 12.9. The molecular weight excluding hydrogens is 219 g/mol. The lowest BCUT2D eigenvalue weighted by molar-refractivity contribution is -0.144. The van der Waals surface area contributed by atoms with Crippen LogP contribution in [0.15, 0.2) is 18.2 Å². The fraction of sp³-hybridized carbons (Fsp3) is 0.500. The van der Waals surface area contributed by atoms with Crippen LogP contribution in [-0.4, -0.2) is 29.7 Å². The van der Waals surface area contributed by atoms with Crippen LogP contribution in [0.5, 0.6) is 0 Å². The molecule has 0 aliphatic heterocycles. The van der Waals surface area contributed by atoms with Crippen LogP contribution in [0.1, 0.15) is 11.4 Å². The van der Waals surface area contributed by atoms with E-state index in [1.807, 2.05) is 0 Å². The third kappa shape index (κ3) is 4.59. The zero-order valence-electron chi connectivity index (χ0n) is 8.96. The molecule has 1 aromatic rings. The van der Waals surface area contributed by atoms with Gasteiger partial charge in [0.05, 0.1) is 17.9 Å². The Bertz CT molecular complexity index is 338. The van der Waals surface area contributed by atoms with Crippen molar-refractivity contribution in [3.8, 4) is 0 Å². The van der Waals surface area contributed by atoms with Gasteiger partial charge in [0, 0.05) is 13.1 Å². The van der Waals surface area contributed by atoms with E-state index in [4.69, 9.17) is 5.73 Å². The molecule has 3 nitrogen and oxygen atoms in total. The van der Waals surface area contributed by atoms with Crippen molar-refractivity contribution in [1.82, 2.24) is 9.88 Å². The fourth-order valence-electron chi connectivity index (χ4n) is 1.37. The van der Waals surface area contributed by atoms with Gasteiger partial charge in [-0.2, -0.15) is 13.2 Å². The molecule has 0 aliphatic carbocycles. The standard InChI is InChI=1S/C10H14F3N3/c1-16(7-10(11,12)13)6-9-4-2-3-8(5-14)15-9/h2-4H,5-7,14H2,1H3. The number of pyridine rings is 1. The average molecular weight is 233 g/mol. The summed E-state index contributed by atoms with van der Waals surface area (Å²) in [6.07, 6.45) is -4.18. The second-order valence-corrected chi connectivity index (χ2v) is 3.61. The minimum atomic E-state index is -4.18. The molecule has 1 heterocycles. The van der Waals surface area contributed by atoms with Crippen molar-refractivity contribution < 1.29 is 13.2 Å². The summed E-state index contributed by atoms with van der Waals surface area (Å²) in [7, 11) is 1.41. The van der Waals surface area contributed by atoms with Gasteiger partial charge in [-0.05, 0) is 19.2 Å². The Kier molecular flexibility index (Phi) is 4.26. The summed E-state index contributed by atoms with van der Waals surface area (Å²) in [5.74, 6) is 0. The average Bonchev–Trinajstić information content (AvgIpc) is 2.15. The molecule has 0 saturated carbocycles. The predicted molar refractivity (Wildman–Crippen MR) is 54.5 cm³/mol. The quantitative estimate of drug-likeness (QED) is 0.857. The molecule has 0 fully saturated rings. The zero-order valence-corrected chi connectivity index (χ0v) is 8.96. The Hall–Kier alpha value is -1.14. The van der Waals surface area contributed by atoms with Crippen LogP contribution in [0, 0.1) is 0 Å². The summed E-state index contributed by atoms with van der Waals surface area (Å²) >= 11 is 0. The molecular formula is C10H14F3N3. The molecule has 0 aromatic carbocycles. The second kappa shape index (κ2) is 5.27. The molecule has 0 unspecified atom stereocenters. The molecule has 0 saturated heterocycles. The van der Waals surface area contributed by atoms with Crippen molar-refractivity contribution in [2.75, 3.05) is 13.6 Å². The molecule has 90 valence electrons. The molecule has 16 heavy (non-hydrogen) atoms. The van der Waals surface area contributed by atoms with Crippen LogP contribution in [0.3, 0.4) is 0 Å². The maximum atomic E-state index is 12.1. The third-order valence-electron chi connectivity index (χ3n) is 1.95. The minimum Gasteiger partial charge on any atom is -0.325 e. The van der Waals surface area contributed by atoms with E-state index >= 15 is 0 Å². The summed E-state index contributed by atoms with van der Waals surface area (Å²) in [6, 6.07) is 5.17. The van der Waals surface area contributed by atoms with E-state index in [1.54, 1.807) is 18.2 Å². The lowest BCUT2D eigenvalue weighted by atomic mass is 10.3. The number of halogens is 3. The number of nitrogens with zero attached hydrogens (tertiary/aromatic N) is 2. The van der Waals surface area contributed by atoms with E-state index in [0.717, 1.165) is 0 Å². The smallest absolute Gasteiger partial charge is 0.325 e. The Labute approximate surface area is 92.1 Å². The van der Waals surface area contributed by atoms with Gasteiger partial charge < -0.3 is 5.73 Å². The molecule has 0 aliphatic rings. The summed E-state index contributed by atoms with van der Waals surface area (Å²) in [6.45, 7) is -0.494. The molecule has 0 bridgehead atoms. The third-order valence-corrected chi connectivity index (χ3v) is 1.95. The highest BCUT2D eigenvalue weighted by Gasteiger charge is 2.29. The van der Waals surface area contributed by atoms with Gasteiger partial charge in [0.1, 0.15) is 0 Å². The van der Waals surface area contributed by atoms with Gasteiger partial charge >= 0.3 is 6.18 Å². The van der Waals surface area contributed by atoms with Gasteiger partial charge in [-0.3, -0.25) is 9.88 Å². The minimum absolute atomic E-state index is 0.160. The predicted octanol–water partition coefficient (Wildman–Crippen LogP) is 1.53. The molecule has 0 radical (unpaired) electrons. The van der Waals surface area contributed by atoms with Gasteiger partial charge in [0.15, 0.2) is 0 Å². The maximum Gasteiger partial charge on any atom is 0.401 e. The number of aromatic nitrogens is 1. The summed E-state index contributed by atoms with van der Waals surface area (Å²) < 4.78 is 36.2. The highest BCUT2D eigenvalue weighted by Crippen LogP contribution is 2.16. The first-order chi connectivity index (χ1) is 7.40. The molecule has 6 heteroatoms. The summed E-state index contributed by atoms with van der Waals surface area (Å²) in [4.78, 5) is 5.30. The van der Waals surface area contributed by atoms with E-state index in [2.05, 4.69) is 4.98 Å². The van der Waals surface area contributed by atoms with E-state index in [0.29, 0.717) is 11.4 Å². The highest BCUT2D eigenvalue weighted by molar-refractivity contribution is 5.10. The fourth-order valence-corrected chi connectivity index (χ4v) is 1.37. The monoisotopic (exact) mass is 233 g/mol. The molecule has 0 atom stereocenters. The van der Waals surface area contributed by atoms with Crippen molar-refractivity contribution in [3.63, 3.8) is 0 Å². The van der Waals surface area contributed by atoms with Crippen LogP contribution >= 0.6 is 0 Å². The van der Waals surface area contributed by atoms with E-state index in [-0.39, 0.29) is 13.1 Å². The SMILES string of the molecule is CN(Cc1cccc(CN)n1)CC(F)(F)F. The van der Waals surface area contributed by atoms with Crippen LogP contribution in [-0.2, 0) is 13.1 Å². The van der Waals surface area contributed by atoms with Crippen molar-refractivity contribution in [1.29, 1.82) is 0 Å². The van der Waals surface area contributed by atoms with Crippen LogP contribution < -0.4 is 5.73 Å². The Morgan fingerprint density at radius 1 is 1.31 bits per heavy atom. The van der Waals surface area contributed by atoms with Crippen LogP contribution in [0.2, 0.25) is 0 Å². The van der Waals surface area contributed by atoms with Crippen molar-refractivity contribution in [2.24, 2.45) is 5.73 Å². The normalized spacial score (nSPS) is 12.1. The van der Waals surface area contributed by atoms with Crippen molar-refractivity contribution in [2.45, 2.75) is 19.3 Å². The molecule has 0 spiro atoms. The van der Waals surface area contributed by atoms with E-state index in [9.17, 15) is 13.2 Å². The Morgan fingerprint density at radius 3 is 2.50 bits per heavy atom.